The van der Waals surface area contributed by atoms with Crippen LogP contribution in [0.5, 0.6) is 0 Å². The van der Waals surface area contributed by atoms with E-state index in [1.165, 1.54) is 12.1 Å². The van der Waals surface area contributed by atoms with Crippen molar-refractivity contribution in [2.24, 2.45) is 0 Å². The number of amides is 1. The molecule has 0 aromatic heterocycles. The minimum atomic E-state index is -0.332. The molecule has 0 saturated carbocycles. The molecule has 2 aromatic carbocycles. The van der Waals surface area contributed by atoms with Crippen molar-refractivity contribution < 1.29 is 9.18 Å². The van der Waals surface area contributed by atoms with E-state index in [-0.39, 0.29) is 24.3 Å². The van der Waals surface area contributed by atoms with E-state index in [1.807, 2.05) is 24.3 Å². The Morgan fingerprint density at radius 2 is 1.74 bits per heavy atom. The van der Waals surface area contributed by atoms with E-state index in [0.717, 1.165) is 23.1 Å². The molecule has 1 N–H and O–H groups in total. The molecule has 0 bridgehead atoms. The third-order valence-corrected chi connectivity index (χ3v) is 5.10. The van der Waals surface area contributed by atoms with E-state index < -0.39 is 0 Å². The maximum Gasteiger partial charge on any atom is 0.238 e. The van der Waals surface area contributed by atoms with Crippen LogP contribution in [0.15, 0.2) is 53.0 Å². The van der Waals surface area contributed by atoms with Crippen molar-refractivity contribution in [2.75, 3.05) is 38.0 Å². The Labute approximate surface area is 166 Å². The van der Waals surface area contributed by atoms with Gasteiger partial charge in [0.15, 0.2) is 0 Å². The molecule has 0 radical (unpaired) electrons. The van der Waals surface area contributed by atoms with Gasteiger partial charge >= 0.3 is 0 Å². The van der Waals surface area contributed by atoms with E-state index in [0.29, 0.717) is 18.8 Å². The molecule has 0 aliphatic carbocycles. The highest BCUT2D eigenvalue weighted by molar-refractivity contribution is 9.10. The van der Waals surface area contributed by atoms with Crippen LogP contribution in [0, 0.1) is 17.1 Å². The van der Waals surface area contributed by atoms with Crippen LogP contribution in [0.25, 0.3) is 0 Å². The van der Waals surface area contributed by atoms with Gasteiger partial charge in [-0.05, 0) is 42.0 Å². The number of halogens is 2. The standard InChI is InChI=1S/C20H20BrFN4O/c21-16-3-1-15(2-4-16)19(13-23)26-11-9-25(10-12-26)14-20(27)24-18-7-5-17(22)6-8-18/h1-8,19H,9-12,14H2,(H,24,27)/t19-/m0/s1. The molecule has 1 aliphatic rings. The summed E-state index contributed by atoms with van der Waals surface area (Å²) in [6, 6.07) is 15.6. The van der Waals surface area contributed by atoms with Crippen LogP contribution in [-0.2, 0) is 4.79 Å². The summed E-state index contributed by atoms with van der Waals surface area (Å²) in [5, 5.41) is 12.4. The van der Waals surface area contributed by atoms with E-state index in [2.05, 4.69) is 37.1 Å². The second-order valence-corrected chi connectivity index (χ2v) is 7.37. The molecular weight excluding hydrogens is 411 g/mol. The summed E-state index contributed by atoms with van der Waals surface area (Å²) in [6.07, 6.45) is 0. The molecule has 1 saturated heterocycles. The zero-order valence-electron chi connectivity index (χ0n) is 14.7. The van der Waals surface area contributed by atoms with Crippen LogP contribution in [0.1, 0.15) is 11.6 Å². The number of nitrogens with zero attached hydrogens (tertiary/aromatic N) is 3. The molecule has 140 valence electrons. The highest BCUT2D eigenvalue weighted by Gasteiger charge is 2.25. The molecule has 1 aliphatic heterocycles. The first-order valence-electron chi connectivity index (χ1n) is 8.72. The lowest BCUT2D eigenvalue weighted by molar-refractivity contribution is -0.117. The van der Waals surface area contributed by atoms with Gasteiger partial charge in [0.25, 0.3) is 0 Å². The number of hydrogen-bond donors (Lipinski definition) is 1. The van der Waals surface area contributed by atoms with Crippen molar-refractivity contribution in [1.82, 2.24) is 9.80 Å². The third kappa shape index (κ3) is 5.36. The predicted octanol–water partition coefficient (Wildman–Crippen LogP) is 3.41. The van der Waals surface area contributed by atoms with Crippen molar-refractivity contribution in [3.63, 3.8) is 0 Å². The number of nitrogens with one attached hydrogen (secondary N) is 1. The summed E-state index contributed by atoms with van der Waals surface area (Å²) < 4.78 is 13.9. The van der Waals surface area contributed by atoms with Crippen molar-refractivity contribution in [2.45, 2.75) is 6.04 Å². The molecule has 27 heavy (non-hydrogen) atoms. The Morgan fingerprint density at radius 1 is 1.11 bits per heavy atom. The lowest BCUT2D eigenvalue weighted by atomic mass is 10.1. The van der Waals surface area contributed by atoms with Gasteiger partial charge in [-0.25, -0.2) is 4.39 Å². The number of piperazine rings is 1. The zero-order chi connectivity index (χ0) is 19.2. The molecule has 3 rings (SSSR count). The van der Waals surface area contributed by atoms with Gasteiger partial charge in [-0.15, -0.1) is 0 Å². The summed E-state index contributed by atoms with van der Waals surface area (Å²) >= 11 is 3.41. The SMILES string of the molecule is N#C[C@@H](c1ccc(Br)cc1)N1CCN(CC(=O)Nc2ccc(F)cc2)CC1. The summed E-state index contributed by atoms with van der Waals surface area (Å²) in [7, 11) is 0. The Hall–Kier alpha value is -2.27. The van der Waals surface area contributed by atoms with Crippen LogP contribution in [0.4, 0.5) is 10.1 Å². The first kappa shape index (κ1) is 19.5. The topological polar surface area (TPSA) is 59.4 Å². The van der Waals surface area contributed by atoms with Gasteiger partial charge in [-0.2, -0.15) is 5.26 Å². The van der Waals surface area contributed by atoms with E-state index in [9.17, 15) is 14.4 Å². The lowest BCUT2D eigenvalue weighted by Gasteiger charge is -2.36. The first-order chi connectivity index (χ1) is 13.0. The second kappa shape index (κ2) is 9.09. The van der Waals surface area contributed by atoms with Gasteiger partial charge in [-0.3, -0.25) is 14.6 Å². The molecule has 1 fully saturated rings. The monoisotopic (exact) mass is 430 g/mol. The molecular formula is C20H20BrFN4O. The quantitative estimate of drug-likeness (QED) is 0.789. The maximum absolute atomic E-state index is 12.9. The number of carbonyl (C=O) groups excluding carboxylic acids is 1. The number of hydrogen-bond acceptors (Lipinski definition) is 4. The fourth-order valence-electron chi connectivity index (χ4n) is 3.13. The van der Waals surface area contributed by atoms with Crippen molar-refractivity contribution >= 4 is 27.5 Å². The predicted molar refractivity (Wildman–Crippen MR) is 106 cm³/mol. The third-order valence-electron chi connectivity index (χ3n) is 4.58. The summed E-state index contributed by atoms with van der Waals surface area (Å²) in [4.78, 5) is 16.4. The van der Waals surface area contributed by atoms with Crippen LogP contribution >= 0.6 is 15.9 Å². The summed E-state index contributed by atoms with van der Waals surface area (Å²) in [5.74, 6) is -0.457. The van der Waals surface area contributed by atoms with Gasteiger partial charge in [0, 0.05) is 36.3 Å². The maximum atomic E-state index is 12.9. The van der Waals surface area contributed by atoms with Gasteiger partial charge < -0.3 is 5.32 Å². The number of nitriles is 1. The van der Waals surface area contributed by atoms with Crippen LogP contribution in [0.2, 0.25) is 0 Å². The molecule has 2 aromatic rings. The molecule has 5 nitrogen and oxygen atoms in total. The molecule has 1 amide bonds. The Morgan fingerprint density at radius 3 is 2.33 bits per heavy atom. The van der Waals surface area contributed by atoms with Gasteiger partial charge in [0.1, 0.15) is 11.9 Å². The van der Waals surface area contributed by atoms with E-state index in [4.69, 9.17) is 0 Å². The summed E-state index contributed by atoms with van der Waals surface area (Å²) in [5.41, 5.74) is 1.56. The smallest absolute Gasteiger partial charge is 0.238 e. The second-order valence-electron chi connectivity index (χ2n) is 6.45. The average molecular weight is 431 g/mol. The van der Waals surface area contributed by atoms with E-state index >= 15 is 0 Å². The molecule has 1 heterocycles. The number of anilines is 1. The zero-order valence-corrected chi connectivity index (χ0v) is 16.3. The highest BCUT2D eigenvalue weighted by Crippen LogP contribution is 2.23. The number of rotatable bonds is 5. The molecule has 7 heteroatoms. The van der Waals surface area contributed by atoms with E-state index in [1.54, 1.807) is 12.1 Å². The lowest BCUT2D eigenvalue weighted by Crippen LogP contribution is -2.49. The minimum absolute atomic E-state index is 0.125. The largest absolute Gasteiger partial charge is 0.325 e. The van der Waals surface area contributed by atoms with Crippen LogP contribution in [-0.4, -0.2) is 48.4 Å². The van der Waals surface area contributed by atoms with Gasteiger partial charge in [-0.1, -0.05) is 28.1 Å². The number of benzene rings is 2. The summed E-state index contributed by atoms with van der Waals surface area (Å²) in [6.45, 7) is 3.15. The van der Waals surface area contributed by atoms with Crippen molar-refractivity contribution in [1.29, 1.82) is 5.26 Å². The van der Waals surface area contributed by atoms with Gasteiger partial charge in [0.2, 0.25) is 5.91 Å². The molecule has 0 spiro atoms. The van der Waals surface area contributed by atoms with Crippen LogP contribution in [0.3, 0.4) is 0 Å². The van der Waals surface area contributed by atoms with Crippen molar-refractivity contribution in [3.05, 3.63) is 64.4 Å². The Kier molecular flexibility index (Phi) is 6.56. The molecule has 1 atom stereocenters. The minimum Gasteiger partial charge on any atom is -0.325 e. The van der Waals surface area contributed by atoms with Gasteiger partial charge in [0.05, 0.1) is 12.6 Å². The first-order valence-corrected chi connectivity index (χ1v) is 9.51. The van der Waals surface area contributed by atoms with Crippen molar-refractivity contribution in [3.8, 4) is 6.07 Å². The Balaban J connectivity index is 1.50. The fourth-order valence-corrected chi connectivity index (χ4v) is 3.39. The number of carbonyl (C=O) groups is 1. The fraction of sp³-hybridized carbons (Fsp3) is 0.300. The molecule has 0 unspecified atom stereocenters. The average Bonchev–Trinajstić information content (AvgIpc) is 2.67. The highest BCUT2D eigenvalue weighted by atomic mass is 79.9. The Bertz CT molecular complexity index is 811. The normalized spacial score (nSPS) is 16.5. The van der Waals surface area contributed by atoms with Crippen LogP contribution < -0.4 is 5.32 Å².